The van der Waals surface area contributed by atoms with Crippen LogP contribution in [0, 0.1) is 0 Å². The van der Waals surface area contributed by atoms with E-state index in [0.717, 1.165) is 52.7 Å². The molecule has 0 saturated carbocycles. The van der Waals surface area contributed by atoms with E-state index >= 15 is 0 Å². The highest BCUT2D eigenvalue weighted by atomic mass is 16.6. The van der Waals surface area contributed by atoms with Gasteiger partial charge in [-0.25, -0.2) is 0 Å². The van der Waals surface area contributed by atoms with Crippen LogP contribution in [0.3, 0.4) is 0 Å². The maximum Gasteiger partial charge on any atom is 0.126 e. The van der Waals surface area contributed by atoms with Crippen molar-refractivity contribution in [2.45, 2.75) is 62.9 Å². The molecule has 0 spiro atoms. The Kier molecular flexibility index (Phi) is 11.9. The van der Waals surface area contributed by atoms with Gasteiger partial charge in [0.15, 0.2) is 0 Å². The van der Waals surface area contributed by atoms with E-state index < -0.39 is 18.3 Å². The molecule has 3 atom stereocenters. The van der Waals surface area contributed by atoms with Gasteiger partial charge in [0.25, 0.3) is 0 Å². The van der Waals surface area contributed by atoms with Crippen molar-refractivity contribution in [1.82, 2.24) is 0 Å². The Morgan fingerprint density at radius 3 is 1.14 bits per heavy atom. The molecule has 0 bridgehead atoms. The van der Waals surface area contributed by atoms with Crippen molar-refractivity contribution >= 4 is 0 Å². The summed E-state index contributed by atoms with van der Waals surface area (Å²) in [6, 6.07) is 0. The summed E-state index contributed by atoms with van der Waals surface area (Å²) in [7, 11) is 6.61. The Bertz CT molecular complexity index is 585. The molecule has 3 saturated heterocycles. The standard InChI is InChI=1S/C27H56N3O6/c1-28(10-4-5-11-28)16-24(31)19-34-22-27(36-21-26(33)18-30(3)14-8-9-15-30)23-35-20-25(32)17-29(2)12-6-7-13-29/h24-27,31-33H,4-23H2,1-3H3/q+3. The summed E-state index contributed by atoms with van der Waals surface area (Å²) in [5.74, 6) is 0. The molecule has 0 aromatic rings. The van der Waals surface area contributed by atoms with Crippen molar-refractivity contribution in [3.05, 3.63) is 0 Å². The molecule has 3 aliphatic rings. The van der Waals surface area contributed by atoms with Crippen LogP contribution >= 0.6 is 0 Å². The Balaban J connectivity index is 1.41. The summed E-state index contributed by atoms with van der Waals surface area (Å²) in [4.78, 5) is 0. The summed E-state index contributed by atoms with van der Waals surface area (Å²) >= 11 is 0. The zero-order chi connectivity index (χ0) is 26.1. The van der Waals surface area contributed by atoms with Gasteiger partial charge in [-0.05, 0) is 0 Å². The first-order chi connectivity index (χ1) is 17.1. The second kappa shape index (κ2) is 14.1. The number of aliphatic hydroxyl groups is 3. The van der Waals surface area contributed by atoms with E-state index in [4.69, 9.17) is 14.2 Å². The van der Waals surface area contributed by atoms with Gasteiger partial charge in [0.1, 0.15) is 44.1 Å². The first-order valence-electron chi connectivity index (χ1n) is 14.4. The number of aliphatic hydroxyl groups excluding tert-OH is 3. The minimum Gasteiger partial charge on any atom is -0.385 e. The number of hydrogen-bond acceptors (Lipinski definition) is 6. The molecular formula is C27H56N3O6+3. The van der Waals surface area contributed by atoms with Crippen LogP contribution < -0.4 is 0 Å². The third-order valence-electron chi connectivity index (χ3n) is 8.64. The maximum atomic E-state index is 10.6. The minimum absolute atomic E-state index is 0.236. The monoisotopic (exact) mass is 518 g/mol. The first kappa shape index (κ1) is 30.2. The van der Waals surface area contributed by atoms with Crippen LogP contribution in [-0.2, 0) is 14.2 Å². The quantitative estimate of drug-likeness (QED) is 0.239. The molecule has 3 aliphatic heterocycles. The highest BCUT2D eigenvalue weighted by Crippen LogP contribution is 2.19. The van der Waals surface area contributed by atoms with E-state index in [2.05, 4.69) is 21.1 Å². The molecular weight excluding hydrogens is 462 g/mol. The summed E-state index contributed by atoms with van der Waals surface area (Å²) in [5, 5.41) is 31.6. The van der Waals surface area contributed by atoms with E-state index in [0.29, 0.717) is 32.8 Å². The van der Waals surface area contributed by atoms with E-state index in [1.165, 1.54) is 38.5 Å². The predicted octanol–water partition coefficient (Wildman–Crippen LogP) is 0.209. The summed E-state index contributed by atoms with van der Waals surface area (Å²) in [6.07, 6.45) is 5.43. The molecule has 212 valence electrons. The molecule has 3 N–H and O–H groups in total. The Morgan fingerprint density at radius 1 is 0.500 bits per heavy atom. The lowest BCUT2D eigenvalue weighted by Crippen LogP contribution is -2.48. The van der Waals surface area contributed by atoms with E-state index in [-0.39, 0.29) is 25.9 Å². The maximum absolute atomic E-state index is 10.6. The number of rotatable bonds is 17. The van der Waals surface area contributed by atoms with Crippen LogP contribution in [0.1, 0.15) is 38.5 Å². The molecule has 0 radical (unpaired) electrons. The number of likely N-dealkylation sites (N-methyl/N-ethyl adjacent to an activating group) is 3. The highest BCUT2D eigenvalue weighted by Gasteiger charge is 2.32. The molecule has 0 amide bonds. The van der Waals surface area contributed by atoms with E-state index in [1.54, 1.807) is 0 Å². The van der Waals surface area contributed by atoms with Gasteiger partial charge in [0.2, 0.25) is 0 Å². The summed E-state index contributed by atoms with van der Waals surface area (Å²) in [5.41, 5.74) is 0. The topological polar surface area (TPSA) is 88.4 Å². The normalized spacial score (nSPS) is 26.2. The fourth-order valence-corrected chi connectivity index (χ4v) is 6.59. The SMILES string of the molecule is C[N+]1(CC(O)COCC(COCC(O)C[N+]2(C)CCCC2)OCC(O)C[N+]2(C)CCCC2)CCCC1. The fourth-order valence-electron chi connectivity index (χ4n) is 6.59. The molecule has 3 fully saturated rings. The lowest BCUT2D eigenvalue weighted by atomic mass is 10.3. The van der Waals surface area contributed by atoms with E-state index in [9.17, 15) is 15.3 Å². The van der Waals surface area contributed by atoms with Crippen molar-refractivity contribution in [1.29, 1.82) is 0 Å². The third kappa shape index (κ3) is 10.4. The Labute approximate surface area is 219 Å². The van der Waals surface area contributed by atoms with Crippen molar-refractivity contribution in [3.63, 3.8) is 0 Å². The molecule has 9 heteroatoms. The molecule has 3 unspecified atom stereocenters. The lowest BCUT2D eigenvalue weighted by Gasteiger charge is -2.32. The Morgan fingerprint density at radius 2 is 0.806 bits per heavy atom. The second-order valence-corrected chi connectivity index (χ2v) is 12.9. The zero-order valence-corrected chi connectivity index (χ0v) is 23.4. The van der Waals surface area contributed by atoms with Crippen LogP contribution in [-0.4, -0.2) is 166 Å². The average molecular weight is 519 g/mol. The van der Waals surface area contributed by atoms with Crippen molar-refractivity contribution < 1.29 is 43.0 Å². The van der Waals surface area contributed by atoms with Crippen LogP contribution in [0.15, 0.2) is 0 Å². The smallest absolute Gasteiger partial charge is 0.126 e. The fraction of sp³-hybridized carbons (Fsp3) is 1.00. The molecule has 3 heterocycles. The van der Waals surface area contributed by atoms with Gasteiger partial charge in [-0.1, -0.05) is 0 Å². The zero-order valence-electron chi connectivity index (χ0n) is 23.4. The highest BCUT2D eigenvalue weighted by molar-refractivity contribution is 4.65. The largest absolute Gasteiger partial charge is 0.385 e. The van der Waals surface area contributed by atoms with Crippen LogP contribution in [0.2, 0.25) is 0 Å². The first-order valence-corrected chi connectivity index (χ1v) is 14.4. The van der Waals surface area contributed by atoms with E-state index in [1.807, 2.05) is 0 Å². The molecule has 0 aliphatic carbocycles. The molecule has 0 aromatic carbocycles. The van der Waals surface area contributed by atoms with Gasteiger partial charge in [0, 0.05) is 38.5 Å². The summed E-state index contributed by atoms with van der Waals surface area (Å²) < 4.78 is 20.5. The third-order valence-corrected chi connectivity index (χ3v) is 8.64. The lowest BCUT2D eigenvalue weighted by molar-refractivity contribution is -0.900. The predicted molar refractivity (Wildman–Crippen MR) is 139 cm³/mol. The Hall–Kier alpha value is -0.360. The van der Waals surface area contributed by atoms with Crippen LogP contribution in [0.25, 0.3) is 0 Å². The number of hydrogen-bond donors (Lipinski definition) is 3. The molecule has 36 heavy (non-hydrogen) atoms. The van der Waals surface area contributed by atoms with Gasteiger partial charge >= 0.3 is 0 Å². The van der Waals surface area contributed by atoms with Crippen molar-refractivity contribution in [3.8, 4) is 0 Å². The van der Waals surface area contributed by atoms with Gasteiger partial charge in [-0.15, -0.1) is 0 Å². The minimum atomic E-state index is -0.536. The number of quaternary nitrogens is 3. The molecule has 0 aromatic heterocycles. The van der Waals surface area contributed by atoms with Crippen molar-refractivity contribution in [2.75, 3.05) is 113 Å². The number of likely N-dealkylation sites (tertiary alicyclic amines) is 3. The van der Waals surface area contributed by atoms with Crippen LogP contribution in [0.4, 0.5) is 0 Å². The van der Waals surface area contributed by atoms with Gasteiger partial charge < -0.3 is 43.0 Å². The van der Waals surface area contributed by atoms with Crippen LogP contribution in [0.5, 0.6) is 0 Å². The van der Waals surface area contributed by atoms with Gasteiger partial charge in [-0.2, -0.15) is 0 Å². The molecule has 9 nitrogen and oxygen atoms in total. The van der Waals surface area contributed by atoms with Crippen molar-refractivity contribution in [2.24, 2.45) is 0 Å². The van der Waals surface area contributed by atoms with Gasteiger partial charge in [0.05, 0.1) is 93.4 Å². The van der Waals surface area contributed by atoms with Gasteiger partial charge in [-0.3, -0.25) is 0 Å². The average Bonchev–Trinajstić information content (AvgIpc) is 3.53. The second-order valence-electron chi connectivity index (χ2n) is 12.9. The molecule has 3 rings (SSSR count). The number of nitrogens with zero attached hydrogens (tertiary/aromatic N) is 3. The summed E-state index contributed by atoms with van der Waals surface area (Å²) in [6.45, 7) is 10.2. The number of ether oxygens (including phenoxy) is 3.